The van der Waals surface area contributed by atoms with Crippen molar-refractivity contribution in [2.45, 2.75) is 46.3 Å². The first kappa shape index (κ1) is 28.0. The lowest BCUT2D eigenvalue weighted by molar-refractivity contribution is -0.135. The number of carbonyl (C=O) groups excluding carboxylic acids is 3. The number of aryl methyl sites for hydroxylation is 1. The minimum absolute atomic E-state index is 0.0348. The molecule has 0 heterocycles. The molecule has 2 unspecified atom stereocenters. The van der Waals surface area contributed by atoms with Crippen LogP contribution in [0.5, 0.6) is 0 Å². The van der Waals surface area contributed by atoms with Crippen molar-refractivity contribution in [3.8, 4) is 6.07 Å². The molecule has 1 aromatic carbocycles. The van der Waals surface area contributed by atoms with Crippen LogP contribution in [0.3, 0.4) is 0 Å². The van der Waals surface area contributed by atoms with E-state index in [0.29, 0.717) is 0 Å². The summed E-state index contributed by atoms with van der Waals surface area (Å²) in [5, 5.41) is 24.7. The molecule has 172 valence electrons. The second kappa shape index (κ2) is 14.1. The summed E-state index contributed by atoms with van der Waals surface area (Å²) in [5.74, 6) is -1.96. The Hall–Kier alpha value is -2.96. The molecule has 0 spiro atoms. The summed E-state index contributed by atoms with van der Waals surface area (Å²) in [6, 6.07) is 8.60. The molecule has 0 saturated carbocycles. The number of amides is 3. The number of benzene rings is 1. The lowest BCUT2D eigenvalue weighted by Crippen LogP contribution is -2.53. The third kappa shape index (κ3) is 13.1. The van der Waals surface area contributed by atoms with Crippen LogP contribution in [0.25, 0.3) is 0 Å². The van der Waals surface area contributed by atoms with Crippen LogP contribution in [-0.2, 0) is 19.1 Å². The van der Waals surface area contributed by atoms with Crippen molar-refractivity contribution < 1.29 is 24.2 Å². The highest BCUT2D eigenvalue weighted by Gasteiger charge is 2.25. The number of hydrogen-bond donors (Lipinski definition) is 4. The third-order valence-corrected chi connectivity index (χ3v) is 3.92. The van der Waals surface area contributed by atoms with E-state index >= 15 is 0 Å². The number of aliphatic hydroxyl groups is 1. The molecule has 0 aliphatic rings. The van der Waals surface area contributed by atoms with Gasteiger partial charge in [0.2, 0.25) is 17.7 Å². The summed E-state index contributed by atoms with van der Waals surface area (Å²) in [7, 11) is 1.46. The maximum absolute atomic E-state index is 12.1. The summed E-state index contributed by atoms with van der Waals surface area (Å²) in [6.07, 6.45) is 0. The highest BCUT2D eigenvalue weighted by molar-refractivity contribution is 5.91. The molecule has 0 aliphatic carbocycles. The SMILES string of the molecule is CNC(=O)CNC(=O)C(COC(C)(C)C)NC(=O)C(C)CO.Cc1ccc(C#N)cc1. The van der Waals surface area contributed by atoms with Gasteiger partial charge in [-0.1, -0.05) is 24.6 Å². The van der Waals surface area contributed by atoms with Gasteiger partial charge in [0.15, 0.2) is 0 Å². The molecule has 3 amide bonds. The van der Waals surface area contributed by atoms with E-state index in [1.165, 1.54) is 12.6 Å². The fourth-order valence-corrected chi connectivity index (χ4v) is 1.92. The van der Waals surface area contributed by atoms with Crippen molar-refractivity contribution >= 4 is 17.7 Å². The van der Waals surface area contributed by atoms with E-state index in [1.54, 1.807) is 6.92 Å². The molecule has 0 saturated heterocycles. The predicted octanol–water partition coefficient (Wildman–Crippen LogP) is 0.644. The summed E-state index contributed by atoms with van der Waals surface area (Å²) in [6.45, 7) is 8.47. The van der Waals surface area contributed by atoms with Crippen LogP contribution < -0.4 is 16.0 Å². The van der Waals surface area contributed by atoms with Crippen LogP contribution in [0.15, 0.2) is 24.3 Å². The molecular weight excluding hydrogens is 400 g/mol. The smallest absolute Gasteiger partial charge is 0.245 e. The van der Waals surface area contributed by atoms with Crippen LogP contribution in [0.2, 0.25) is 0 Å². The second-order valence-corrected chi connectivity index (χ2v) is 7.94. The van der Waals surface area contributed by atoms with Gasteiger partial charge in [0.05, 0.1) is 42.9 Å². The van der Waals surface area contributed by atoms with Crippen LogP contribution in [0.4, 0.5) is 0 Å². The maximum Gasteiger partial charge on any atom is 0.245 e. The zero-order valence-electron chi connectivity index (χ0n) is 19.1. The van der Waals surface area contributed by atoms with Crippen molar-refractivity contribution in [3.05, 3.63) is 35.4 Å². The van der Waals surface area contributed by atoms with E-state index in [2.05, 4.69) is 22.0 Å². The Morgan fingerprint density at radius 2 is 1.74 bits per heavy atom. The number of nitriles is 1. The van der Waals surface area contributed by atoms with E-state index < -0.39 is 29.4 Å². The summed E-state index contributed by atoms with van der Waals surface area (Å²) < 4.78 is 5.52. The first-order valence-corrected chi connectivity index (χ1v) is 9.93. The van der Waals surface area contributed by atoms with Crippen molar-refractivity contribution in [2.24, 2.45) is 5.92 Å². The van der Waals surface area contributed by atoms with Gasteiger partial charge in [0.25, 0.3) is 0 Å². The number of hydrogen-bond acceptors (Lipinski definition) is 6. The van der Waals surface area contributed by atoms with Crippen LogP contribution >= 0.6 is 0 Å². The largest absolute Gasteiger partial charge is 0.396 e. The molecule has 0 aromatic heterocycles. The summed E-state index contributed by atoms with van der Waals surface area (Å²) in [5.41, 5.74) is 1.43. The standard InChI is InChI=1S/C14H27N3O5.C8H7N/c1-9(7-18)12(20)17-10(8-22-14(2,3)4)13(21)16-6-11(19)15-5;1-7-2-4-8(6-9)5-3-7/h9-10,18H,6-8H2,1-5H3,(H,15,19)(H,16,21)(H,17,20);2-5H,1H3. The average Bonchev–Trinajstić information content (AvgIpc) is 2.74. The third-order valence-electron chi connectivity index (χ3n) is 3.92. The number of aliphatic hydroxyl groups excluding tert-OH is 1. The van der Waals surface area contributed by atoms with Crippen molar-refractivity contribution in [1.82, 2.24) is 16.0 Å². The lowest BCUT2D eigenvalue weighted by atomic mass is 10.1. The molecule has 4 N–H and O–H groups in total. The first-order valence-electron chi connectivity index (χ1n) is 9.93. The monoisotopic (exact) mass is 434 g/mol. The zero-order chi connectivity index (χ0) is 24.0. The minimum Gasteiger partial charge on any atom is -0.396 e. The molecule has 0 bridgehead atoms. The molecule has 0 fully saturated rings. The molecule has 1 aromatic rings. The molecule has 9 nitrogen and oxygen atoms in total. The fourth-order valence-electron chi connectivity index (χ4n) is 1.92. The normalized spacial score (nSPS) is 12.3. The highest BCUT2D eigenvalue weighted by Crippen LogP contribution is 2.07. The van der Waals surface area contributed by atoms with Gasteiger partial charge >= 0.3 is 0 Å². The predicted molar refractivity (Wildman–Crippen MR) is 117 cm³/mol. The number of rotatable bonds is 8. The maximum atomic E-state index is 12.1. The van der Waals surface area contributed by atoms with E-state index in [4.69, 9.17) is 15.1 Å². The Morgan fingerprint density at radius 1 is 1.16 bits per heavy atom. The van der Waals surface area contributed by atoms with E-state index in [9.17, 15) is 14.4 Å². The topological polar surface area (TPSA) is 141 Å². The van der Waals surface area contributed by atoms with Crippen molar-refractivity contribution in [3.63, 3.8) is 0 Å². The minimum atomic E-state index is -0.939. The molecule has 1 rings (SSSR count). The average molecular weight is 435 g/mol. The molecule has 9 heteroatoms. The number of carbonyl (C=O) groups is 3. The van der Waals surface area contributed by atoms with Gasteiger partial charge in [-0.25, -0.2) is 0 Å². The van der Waals surface area contributed by atoms with Crippen molar-refractivity contribution in [1.29, 1.82) is 5.26 Å². The summed E-state index contributed by atoms with van der Waals surface area (Å²) in [4.78, 5) is 35.1. The van der Waals surface area contributed by atoms with E-state index in [-0.39, 0.29) is 25.7 Å². The summed E-state index contributed by atoms with van der Waals surface area (Å²) >= 11 is 0. The highest BCUT2D eigenvalue weighted by atomic mass is 16.5. The van der Waals surface area contributed by atoms with E-state index in [0.717, 1.165) is 5.56 Å². The lowest BCUT2D eigenvalue weighted by Gasteiger charge is -2.25. The Labute approximate surface area is 184 Å². The number of nitrogens with zero attached hydrogens (tertiary/aromatic N) is 1. The van der Waals surface area contributed by atoms with Crippen LogP contribution in [-0.4, -0.2) is 61.3 Å². The van der Waals surface area contributed by atoms with Gasteiger partial charge in [0, 0.05) is 7.05 Å². The number of nitrogens with one attached hydrogen (secondary N) is 3. The Kier molecular flexibility index (Phi) is 12.8. The molecule has 2 atom stereocenters. The Balaban J connectivity index is 0.000000823. The number of ether oxygens (including phenoxy) is 1. The molecular formula is C22H34N4O5. The first-order chi connectivity index (χ1) is 14.4. The van der Waals surface area contributed by atoms with Gasteiger partial charge < -0.3 is 25.8 Å². The molecule has 0 aliphatic heterocycles. The van der Waals surface area contributed by atoms with Gasteiger partial charge in [-0.3, -0.25) is 14.4 Å². The quantitative estimate of drug-likeness (QED) is 0.473. The van der Waals surface area contributed by atoms with Gasteiger partial charge in [-0.15, -0.1) is 0 Å². The Bertz CT molecular complexity index is 751. The van der Waals surface area contributed by atoms with Gasteiger partial charge in [0.1, 0.15) is 6.04 Å². The van der Waals surface area contributed by atoms with Gasteiger partial charge in [-0.2, -0.15) is 5.26 Å². The van der Waals surface area contributed by atoms with Crippen LogP contribution in [0, 0.1) is 24.2 Å². The zero-order valence-corrected chi connectivity index (χ0v) is 19.1. The molecule has 0 radical (unpaired) electrons. The molecule has 31 heavy (non-hydrogen) atoms. The van der Waals surface area contributed by atoms with E-state index in [1.807, 2.05) is 52.0 Å². The van der Waals surface area contributed by atoms with Crippen LogP contribution in [0.1, 0.15) is 38.8 Å². The second-order valence-electron chi connectivity index (χ2n) is 7.94. The van der Waals surface area contributed by atoms with Gasteiger partial charge in [-0.05, 0) is 39.8 Å². The fraction of sp³-hybridized carbons (Fsp3) is 0.545. The van der Waals surface area contributed by atoms with Crippen molar-refractivity contribution in [2.75, 3.05) is 26.8 Å². The number of likely N-dealkylation sites (N-methyl/N-ethyl adjacent to an activating group) is 1. The Morgan fingerprint density at radius 3 is 2.19 bits per heavy atom.